The summed E-state index contributed by atoms with van der Waals surface area (Å²) >= 11 is 0. The van der Waals surface area contributed by atoms with Crippen molar-refractivity contribution in [2.75, 3.05) is 14.2 Å². The quantitative estimate of drug-likeness (QED) is 0.815. The second kappa shape index (κ2) is 7.37. The van der Waals surface area contributed by atoms with E-state index in [1.54, 1.807) is 26.4 Å². The summed E-state index contributed by atoms with van der Waals surface area (Å²) in [5, 5.41) is 3.12. The topological polar surface area (TPSA) is 30.5 Å². The lowest BCUT2D eigenvalue weighted by Gasteiger charge is -2.18. The van der Waals surface area contributed by atoms with Gasteiger partial charge in [0.25, 0.3) is 0 Å². The van der Waals surface area contributed by atoms with Crippen LogP contribution in [0.2, 0.25) is 0 Å². The van der Waals surface area contributed by atoms with E-state index in [-0.39, 0.29) is 12.6 Å². The second-order valence-corrected chi connectivity index (χ2v) is 5.08. The third kappa shape index (κ3) is 3.96. The monoisotopic (exact) mass is 325 g/mol. The van der Waals surface area contributed by atoms with Gasteiger partial charge in [-0.2, -0.15) is 0 Å². The Morgan fingerprint density at radius 3 is 2.22 bits per heavy atom. The molecule has 1 N–H and O–H groups in total. The number of methoxy groups -OCH3 is 2. The van der Waals surface area contributed by atoms with Gasteiger partial charge in [0, 0.05) is 18.2 Å². The standard InChI is InChI=1S/C17H18F3NO2/c1-10(13-8-12(22-2)4-5-16(13)23-3)21-9-11-6-14(18)17(20)15(19)7-11/h4-8,10,21H,9H2,1-3H3. The van der Waals surface area contributed by atoms with Gasteiger partial charge in [0.1, 0.15) is 11.5 Å². The van der Waals surface area contributed by atoms with Crippen molar-refractivity contribution in [2.45, 2.75) is 19.5 Å². The Labute approximate surface area is 133 Å². The van der Waals surface area contributed by atoms with Crippen molar-refractivity contribution in [2.24, 2.45) is 0 Å². The minimum Gasteiger partial charge on any atom is -0.497 e. The molecule has 0 aliphatic carbocycles. The van der Waals surface area contributed by atoms with Crippen molar-refractivity contribution in [1.82, 2.24) is 5.32 Å². The Hall–Kier alpha value is -2.21. The van der Waals surface area contributed by atoms with Crippen molar-refractivity contribution >= 4 is 0 Å². The zero-order valence-corrected chi connectivity index (χ0v) is 13.1. The van der Waals surface area contributed by atoms with Gasteiger partial charge in [0.15, 0.2) is 17.5 Å². The Kier molecular flexibility index (Phi) is 5.50. The van der Waals surface area contributed by atoms with Gasteiger partial charge in [-0.05, 0) is 42.8 Å². The van der Waals surface area contributed by atoms with Gasteiger partial charge in [-0.1, -0.05) is 0 Å². The van der Waals surface area contributed by atoms with E-state index in [1.165, 1.54) is 0 Å². The first-order valence-electron chi connectivity index (χ1n) is 7.05. The number of hydrogen-bond donors (Lipinski definition) is 1. The fourth-order valence-electron chi connectivity index (χ4n) is 2.27. The van der Waals surface area contributed by atoms with Crippen LogP contribution in [-0.2, 0) is 6.54 Å². The number of rotatable bonds is 6. The first-order valence-corrected chi connectivity index (χ1v) is 7.05. The molecule has 2 aromatic carbocycles. The van der Waals surface area contributed by atoms with E-state index in [1.807, 2.05) is 13.0 Å². The third-order valence-electron chi connectivity index (χ3n) is 3.56. The maximum atomic E-state index is 13.2. The lowest BCUT2D eigenvalue weighted by Crippen LogP contribution is -2.19. The second-order valence-electron chi connectivity index (χ2n) is 5.08. The van der Waals surface area contributed by atoms with Gasteiger partial charge in [-0.15, -0.1) is 0 Å². The molecule has 0 bridgehead atoms. The molecule has 0 saturated heterocycles. The first-order chi connectivity index (χ1) is 11.0. The van der Waals surface area contributed by atoms with E-state index in [4.69, 9.17) is 9.47 Å². The summed E-state index contributed by atoms with van der Waals surface area (Å²) in [4.78, 5) is 0. The highest BCUT2D eigenvalue weighted by atomic mass is 19.2. The lowest BCUT2D eigenvalue weighted by molar-refractivity contribution is 0.391. The van der Waals surface area contributed by atoms with E-state index in [0.29, 0.717) is 17.1 Å². The van der Waals surface area contributed by atoms with Crippen molar-refractivity contribution in [3.8, 4) is 11.5 Å². The molecule has 0 heterocycles. The highest BCUT2D eigenvalue weighted by molar-refractivity contribution is 5.42. The van der Waals surface area contributed by atoms with Crippen molar-refractivity contribution in [3.63, 3.8) is 0 Å². The molecule has 23 heavy (non-hydrogen) atoms. The van der Waals surface area contributed by atoms with E-state index in [2.05, 4.69) is 5.32 Å². The van der Waals surface area contributed by atoms with Gasteiger partial charge in [0.2, 0.25) is 0 Å². The number of benzene rings is 2. The molecule has 1 atom stereocenters. The van der Waals surface area contributed by atoms with Crippen molar-refractivity contribution < 1.29 is 22.6 Å². The highest BCUT2D eigenvalue weighted by Crippen LogP contribution is 2.29. The maximum Gasteiger partial charge on any atom is 0.194 e. The number of hydrogen-bond acceptors (Lipinski definition) is 3. The molecule has 2 rings (SSSR count). The number of nitrogens with one attached hydrogen (secondary N) is 1. The summed E-state index contributed by atoms with van der Waals surface area (Å²) in [5.41, 5.74) is 1.16. The van der Waals surface area contributed by atoms with Gasteiger partial charge in [0.05, 0.1) is 14.2 Å². The van der Waals surface area contributed by atoms with Crippen LogP contribution in [0.25, 0.3) is 0 Å². The molecule has 0 aromatic heterocycles. The molecule has 0 aliphatic heterocycles. The molecule has 1 unspecified atom stereocenters. The summed E-state index contributed by atoms with van der Waals surface area (Å²) < 4.78 is 49.9. The Morgan fingerprint density at radius 1 is 1.00 bits per heavy atom. The summed E-state index contributed by atoms with van der Waals surface area (Å²) in [7, 11) is 3.12. The normalized spacial score (nSPS) is 12.1. The average molecular weight is 325 g/mol. The minimum atomic E-state index is -1.46. The van der Waals surface area contributed by atoms with Crippen molar-refractivity contribution in [1.29, 1.82) is 0 Å². The molecule has 124 valence electrons. The van der Waals surface area contributed by atoms with Crippen LogP contribution in [-0.4, -0.2) is 14.2 Å². The first kappa shape index (κ1) is 17.1. The Bertz CT molecular complexity index is 669. The molecule has 3 nitrogen and oxygen atoms in total. The fraction of sp³-hybridized carbons (Fsp3) is 0.294. The Morgan fingerprint density at radius 2 is 1.65 bits per heavy atom. The van der Waals surface area contributed by atoms with Crippen LogP contribution in [0, 0.1) is 17.5 Å². The maximum absolute atomic E-state index is 13.2. The summed E-state index contributed by atoms with van der Waals surface area (Å²) in [6.45, 7) is 2.06. The lowest BCUT2D eigenvalue weighted by atomic mass is 10.1. The largest absolute Gasteiger partial charge is 0.497 e. The minimum absolute atomic E-state index is 0.170. The molecule has 0 spiro atoms. The summed E-state index contributed by atoms with van der Waals surface area (Å²) in [6.07, 6.45) is 0. The fourth-order valence-corrected chi connectivity index (χ4v) is 2.27. The van der Waals surface area contributed by atoms with Crippen LogP contribution in [0.3, 0.4) is 0 Å². The van der Waals surface area contributed by atoms with Gasteiger partial charge in [-0.3, -0.25) is 0 Å². The van der Waals surface area contributed by atoms with Crippen molar-refractivity contribution in [3.05, 3.63) is 58.9 Å². The van der Waals surface area contributed by atoms with Crippen LogP contribution >= 0.6 is 0 Å². The molecule has 2 aromatic rings. The molecule has 0 amide bonds. The molecule has 6 heteroatoms. The molecular formula is C17H18F3NO2. The van der Waals surface area contributed by atoms with E-state index < -0.39 is 17.5 Å². The highest BCUT2D eigenvalue weighted by Gasteiger charge is 2.14. The van der Waals surface area contributed by atoms with Crippen LogP contribution in [0.15, 0.2) is 30.3 Å². The van der Waals surface area contributed by atoms with Gasteiger partial charge in [-0.25, -0.2) is 13.2 Å². The van der Waals surface area contributed by atoms with Gasteiger partial charge >= 0.3 is 0 Å². The van der Waals surface area contributed by atoms with Crippen LogP contribution in [0.5, 0.6) is 11.5 Å². The molecule has 0 radical (unpaired) electrons. The molecule has 0 saturated carbocycles. The molecule has 0 aliphatic rings. The summed E-state index contributed by atoms with van der Waals surface area (Å²) in [6, 6.07) is 7.16. The zero-order chi connectivity index (χ0) is 17.0. The van der Waals surface area contributed by atoms with Crippen LogP contribution < -0.4 is 14.8 Å². The van der Waals surface area contributed by atoms with Crippen LogP contribution in [0.4, 0.5) is 13.2 Å². The van der Waals surface area contributed by atoms with E-state index in [0.717, 1.165) is 17.7 Å². The zero-order valence-electron chi connectivity index (χ0n) is 13.1. The number of halogens is 3. The molecule has 0 fully saturated rings. The predicted molar refractivity (Wildman–Crippen MR) is 81.1 cm³/mol. The summed E-state index contributed by atoms with van der Waals surface area (Å²) in [5.74, 6) is -2.52. The van der Waals surface area contributed by atoms with E-state index in [9.17, 15) is 13.2 Å². The smallest absolute Gasteiger partial charge is 0.194 e. The molecular weight excluding hydrogens is 307 g/mol. The Balaban J connectivity index is 2.15. The predicted octanol–water partition coefficient (Wildman–Crippen LogP) is 3.97. The third-order valence-corrected chi connectivity index (χ3v) is 3.56. The average Bonchev–Trinajstić information content (AvgIpc) is 2.56. The van der Waals surface area contributed by atoms with Gasteiger partial charge < -0.3 is 14.8 Å². The van der Waals surface area contributed by atoms with Crippen LogP contribution in [0.1, 0.15) is 24.1 Å². The SMILES string of the molecule is COc1ccc(OC)c(C(C)NCc2cc(F)c(F)c(F)c2)c1. The number of ether oxygens (including phenoxy) is 2. The van der Waals surface area contributed by atoms with E-state index >= 15 is 0 Å².